The molecule has 0 unspecified atom stereocenters. The smallest absolute Gasteiger partial charge is 0.270 e. The molecule has 0 aliphatic rings. The number of hydrogen-bond donors (Lipinski definition) is 1. The molecule has 0 spiro atoms. The van der Waals surface area contributed by atoms with Crippen LogP contribution in [0.5, 0.6) is 0 Å². The number of aliphatic carboxylic acids is 1. The van der Waals surface area contributed by atoms with Gasteiger partial charge in [0.1, 0.15) is 0 Å². The van der Waals surface area contributed by atoms with E-state index in [0.717, 1.165) is 6.07 Å². The van der Waals surface area contributed by atoms with E-state index in [1.165, 1.54) is 18.2 Å². The highest BCUT2D eigenvalue weighted by Crippen LogP contribution is 2.12. The first kappa shape index (κ1) is 13.6. The Balaban J connectivity index is 2.53. The average molecular weight is 251 g/mol. The molecule has 18 heavy (non-hydrogen) atoms. The maximum atomic E-state index is 11.6. The summed E-state index contributed by atoms with van der Waals surface area (Å²) in [6.07, 6.45) is 0.109. The van der Waals surface area contributed by atoms with Crippen molar-refractivity contribution in [2.75, 3.05) is 6.54 Å². The van der Waals surface area contributed by atoms with Crippen molar-refractivity contribution in [2.45, 2.75) is 12.8 Å². The molecule has 7 nitrogen and oxygen atoms in total. The Labute approximate surface area is 103 Å². The molecule has 1 amide bonds. The van der Waals surface area contributed by atoms with E-state index in [1.807, 2.05) is 0 Å². The lowest BCUT2D eigenvalue weighted by atomic mass is 10.2. The second-order valence-electron chi connectivity index (χ2n) is 3.54. The van der Waals surface area contributed by atoms with Crippen LogP contribution in [0, 0.1) is 10.1 Å². The van der Waals surface area contributed by atoms with Crippen LogP contribution in [0.3, 0.4) is 0 Å². The SMILES string of the molecule is O=C([O-])CCCNC(=O)c1cccc([N+](=O)[O-])c1. The van der Waals surface area contributed by atoms with E-state index in [4.69, 9.17) is 0 Å². The lowest BCUT2D eigenvalue weighted by Gasteiger charge is -2.05. The van der Waals surface area contributed by atoms with Crippen molar-refractivity contribution in [1.82, 2.24) is 5.32 Å². The number of benzene rings is 1. The van der Waals surface area contributed by atoms with Gasteiger partial charge in [-0.2, -0.15) is 0 Å². The normalized spacial score (nSPS) is 9.78. The molecule has 0 saturated heterocycles. The summed E-state index contributed by atoms with van der Waals surface area (Å²) in [6.45, 7) is 0.176. The van der Waals surface area contributed by atoms with Crippen molar-refractivity contribution in [1.29, 1.82) is 0 Å². The standard InChI is InChI=1S/C11H12N2O5/c14-10(15)5-2-6-12-11(16)8-3-1-4-9(7-8)13(17)18/h1,3-4,7H,2,5-6H2,(H,12,16)(H,14,15)/p-1. The molecule has 1 rings (SSSR count). The third-order valence-corrected chi connectivity index (χ3v) is 2.16. The number of nitrogens with one attached hydrogen (secondary N) is 1. The van der Waals surface area contributed by atoms with E-state index in [-0.39, 0.29) is 30.6 Å². The summed E-state index contributed by atoms with van der Waals surface area (Å²) in [7, 11) is 0. The summed E-state index contributed by atoms with van der Waals surface area (Å²) >= 11 is 0. The van der Waals surface area contributed by atoms with Crippen LogP contribution >= 0.6 is 0 Å². The molecule has 1 N–H and O–H groups in total. The fourth-order valence-electron chi connectivity index (χ4n) is 1.30. The molecule has 0 aliphatic heterocycles. The number of carboxylic acid groups (broad SMARTS) is 1. The molecular formula is C11H11N2O5-. The molecule has 0 atom stereocenters. The zero-order valence-corrected chi connectivity index (χ0v) is 9.42. The van der Waals surface area contributed by atoms with Gasteiger partial charge < -0.3 is 15.2 Å². The first-order valence-electron chi connectivity index (χ1n) is 5.23. The van der Waals surface area contributed by atoms with Crippen LogP contribution in [0.25, 0.3) is 0 Å². The molecule has 1 aromatic rings. The number of nitro groups is 1. The minimum Gasteiger partial charge on any atom is -0.550 e. The van der Waals surface area contributed by atoms with E-state index in [9.17, 15) is 24.8 Å². The van der Waals surface area contributed by atoms with Gasteiger partial charge in [-0.15, -0.1) is 0 Å². The van der Waals surface area contributed by atoms with Crippen LogP contribution in [-0.2, 0) is 4.79 Å². The second-order valence-corrected chi connectivity index (χ2v) is 3.54. The third kappa shape index (κ3) is 4.20. The van der Waals surface area contributed by atoms with Crippen molar-refractivity contribution in [3.05, 3.63) is 39.9 Å². The summed E-state index contributed by atoms with van der Waals surface area (Å²) in [5.41, 5.74) is -0.00460. The fraction of sp³-hybridized carbons (Fsp3) is 0.273. The summed E-state index contributed by atoms with van der Waals surface area (Å²) in [4.78, 5) is 31.6. The van der Waals surface area contributed by atoms with E-state index in [2.05, 4.69) is 5.32 Å². The fourth-order valence-corrected chi connectivity index (χ4v) is 1.30. The molecule has 0 bridgehead atoms. The lowest BCUT2D eigenvalue weighted by Crippen LogP contribution is -2.27. The Kier molecular flexibility index (Phi) is 4.79. The predicted octanol–water partition coefficient (Wildman–Crippen LogP) is -0.145. The Morgan fingerprint density at radius 2 is 2.06 bits per heavy atom. The Morgan fingerprint density at radius 1 is 1.33 bits per heavy atom. The van der Waals surface area contributed by atoms with Crippen LogP contribution < -0.4 is 10.4 Å². The van der Waals surface area contributed by atoms with Crippen LogP contribution in [0.2, 0.25) is 0 Å². The highest BCUT2D eigenvalue weighted by molar-refractivity contribution is 5.94. The van der Waals surface area contributed by atoms with Gasteiger partial charge in [-0.1, -0.05) is 6.07 Å². The zero-order valence-electron chi connectivity index (χ0n) is 9.42. The number of nitro benzene ring substituents is 1. The van der Waals surface area contributed by atoms with E-state index in [1.54, 1.807) is 0 Å². The van der Waals surface area contributed by atoms with Crippen molar-refractivity contribution in [2.24, 2.45) is 0 Å². The molecule has 0 radical (unpaired) electrons. The number of amides is 1. The summed E-state index contributed by atoms with van der Waals surface area (Å²) in [5, 5.41) is 23.1. The Bertz CT molecular complexity index is 472. The largest absolute Gasteiger partial charge is 0.550 e. The topological polar surface area (TPSA) is 112 Å². The number of rotatable bonds is 6. The van der Waals surface area contributed by atoms with E-state index in [0.29, 0.717) is 0 Å². The number of nitrogens with zero attached hydrogens (tertiary/aromatic N) is 1. The van der Waals surface area contributed by atoms with Gasteiger partial charge in [0, 0.05) is 30.2 Å². The van der Waals surface area contributed by atoms with Crippen LogP contribution in [0.4, 0.5) is 5.69 Å². The number of carbonyl (C=O) groups excluding carboxylic acids is 2. The number of hydrogen-bond acceptors (Lipinski definition) is 5. The molecule has 0 aromatic heterocycles. The molecule has 7 heteroatoms. The highest BCUT2D eigenvalue weighted by Gasteiger charge is 2.10. The first-order chi connectivity index (χ1) is 8.50. The Hall–Kier alpha value is -2.44. The molecule has 0 aliphatic carbocycles. The van der Waals surface area contributed by atoms with Crippen molar-refractivity contribution in [3.8, 4) is 0 Å². The van der Waals surface area contributed by atoms with E-state index < -0.39 is 16.8 Å². The third-order valence-electron chi connectivity index (χ3n) is 2.16. The van der Waals surface area contributed by atoms with Gasteiger partial charge >= 0.3 is 0 Å². The van der Waals surface area contributed by atoms with Gasteiger partial charge in [-0.25, -0.2) is 0 Å². The second kappa shape index (κ2) is 6.33. The summed E-state index contributed by atoms with van der Waals surface area (Å²) in [5.74, 6) is -1.66. The van der Waals surface area contributed by atoms with E-state index >= 15 is 0 Å². The number of carboxylic acids is 1. The van der Waals surface area contributed by atoms with Crippen LogP contribution in [-0.4, -0.2) is 23.3 Å². The molecular weight excluding hydrogens is 240 g/mol. The van der Waals surface area contributed by atoms with Crippen LogP contribution in [0.1, 0.15) is 23.2 Å². The summed E-state index contributed by atoms with van der Waals surface area (Å²) in [6, 6.07) is 5.30. The van der Waals surface area contributed by atoms with Gasteiger partial charge in [0.15, 0.2) is 0 Å². The maximum Gasteiger partial charge on any atom is 0.270 e. The van der Waals surface area contributed by atoms with Crippen molar-refractivity contribution < 1.29 is 19.6 Å². The number of non-ortho nitro benzene ring substituents is 1. The molecule has 0 fully saturated rings. The minimum atomic E-state index is -1.18. The minimum absolute atomic E-state index is 0.144. The molecule has 0 saturated carbocycles. The quantitative estimate of drug-likeness (QED) is 0.429. The highest BCUT2D eigenvalue weighted by atomic mass is 16.6. The predicted molar refractivity (Wildman–Crippen MR) is 59.7 cm³/mol. The van der Waals surface area contributed by atoms with Gasteiger partial charge in [-0.3, -0.25) is 14.9 Å². The van der Waals surface area contributed by atoms with Gasteiger partial charge in [0.25, 0.3) is 11.6 Å². The first-order valence-corrected chi connectivity index (χ1v) is 5.23. The average Bonchev–Trinajstić information content (AvgIpc) is 2.34. The summed E-state index contributed by atoms with van der Waals surface area (Å²) < 4.78 is 0. The van der Waals surface area contributed by atoms with Gasteiger partial charge in [0.2, 0.25) is 0 Å². The molecule has 0 heterocycles. The maximum absolute atomic E-state index is 11.6. The van der Waals surface area contributed by atoms with Gasteiger partial charge in [-0.05, 0) is 18.9 Å². The number of carbonyl (C=O) groups is 2. The lowest BCUT2D eigenvalue weighted by molar-refractivity contribution is -0.384. The van der Waals surface area contributed by atoms with Crippen molar-refractivity contribution in [3.63, 3.8) is 0 Å². The van der Waals surface area contributed by atoms with Crippen molar-refractivity contribution >= 4 is 17.6 Å². The van der Waals surface area contributed by atoms with Gasteiger partial charge in [0.05, 0.1) is 4.92 Å². The van der Waals surface area contributed by atoms with Crippen LogP contribution in [0.15, 0.2) is 24.3 Å². The molecule has 1 aromatic carbocycles. The monoisotopic (exact) mass is 251 g/mol. The zero-order chi connectivity index (χ0) is 13.5. The Morgan fingerprint density at radius 3 is 2.67 bits per heavy atom. The molecule has 96 valence electrons.